The Morgan fingerprint density at radius 2 is 2.00 bits per heavy atom. The summed E-state index contributed by atoms with van der Waals surface area (Å²) in [5, 5.41) is 4.66. The number of hydrogen-bond acceptors (Lipinski definition) is 3. The molecular formula is C14H14Cl2N2O2. The lowest BCUT2D eigenvalue weighted by atomic mass is 9.94. The van der Waals surface area contributed by atoms with Crippen LogP contribution in [0.25, 0.3) is 0 Å². The van der Waals surface area contributed by atoms with E-state index in [9.17, 15) is 4.79 Å². The summed E-state index contributed by atoms with van der Waals surface area (Å²) in [6.07, 6.45) is 3.05. The van der Waals surface area contributed by atoms with E-state index in [1.807, 2.05) is 12.1 Å². The van der Waals surface area contributed by atoms with Crippen molar-refractivity contribution < 1.29 is 4.52 Å². The molecule has 1 aliphatic heterocycles. The maximum absolute atomic E-state index is 11.7. The molecule has 6 heteroatoms. The van der Waals surface area contributed by atoms with Gasteiger partial charge < -0.3 is 9.84 Å². The minimum Gasteiger partial charge on any atom is -0.384 e. The standard InChI is InChI=1S/C14H14Cl2N2O2/c15-10-5-9(6-11(16)7-10)13-8-12(1-3-17-13)18-14(19)2-4-20-18/h2,4-7,12-13,17H,1,3,8H2/t12-,13-/m0/s1. The molecule has 1 aliphatic rings. The molecule has 2 aromatic rings. The highest BCUT2D eigenvalue weighted by Crippen LogP contribution is 2.32. The number of nitrogens with one attached hydrogen (secondary N) is 1. The summed E-state index contributed by atoms with van der Waals surface area (Å²) < 4.78 is 6.70. The Bertz CT molecular complexity index is 645. The van der Waals surface area contributed by atoms with E-state index >= 15 is 0 Å². The SMILES string of the molecule is O=c1ccon1[C@H]1CCN[C@H](c2cc(Cl)cc(Cl)c2)C1. The Kier molecular flexibility index (Phi) is 3.87. The quantitative estimate of drug-likeness (QED) is 0.924. The van der Waals surface area contributed by atoms with Crippen LogP contribution in [0, 0.1) is 0 Å². The van der Waals surface area contributed by atoms with Crippen molar-refractivity contribution in [3.05, 3.63) is 56.5 Å². The molecule has 0 amide bonds. The largest absolute Gasteiger partial charge is 0.384 e. The first-order valence-electron chi connectivity index (χ1n) is 6.49. The molecule has 1 fully saturated rings. The Morgan fingerprint density at radius 1 is 1.25 bits per heavy atom. The molecule has 1 aromatic heterocycles. The molecule has 0 radical (unpaired) electrons. The number of aromatic nitrogens is 1. The van der Waals surface area contributed by atoms with Gasteiger partial charge >= 0.3 is 0 Å². The minimum atomic E-state index is -0.0974. The van der Waals surface area contributed by atoms with Gasteiger partial charge in [-0.05, 0) is 43.1 Å². The first kappa shape index (κ1) is 13.7. The second kappa shape index (κ2) is 5.64. The van der Waals surface area contributed by atoms with Crippen molar-refractivity contribution in [2.24, 2.45) is 0 Å². The normalized spacial score (nSPS) is 22.9. The van der Waals surface area contributed by atoms with Crippen LogP contribution >= 0.6 is 23.2 Å². The first-order valence-corrected chi connectivity index (χ1v) is 7.25. The van der Waals surface area contributed by atoms with Crippen molar-refractivity contribution in [2.75, 3.05) is 6.54 Å². The number of nitrogens with zero attached hydrogens (tertiary/aromatic N) is 1. The lowest BCUT2D eigenvalue weighted by molar-refractivity contribution is 0.161. The Morgan fingerprint density at radius 3 is 2.65 bits per heavy atom. The molecule has 0 saturated carbocycles. The summed E-state index contributed by atoms with van der Waals surface area (Å²) in [5.41, 5.74) is 0.937. The van der Waals surface area contributed by atoms with E-state index in [4.69, 9.17) is 27.7 Å². The van der Waals surface area contributed by atoms with Crippen molar-refractivity contribution in [1.82, 2.24) is 10.1 Å². The summed E-state index contributed by atoms with van der Waals surface area (Å²) >= 11 is 12.1. The van der Waals surface area contributed by atoms with Gasteiger partial charge in [-0.3, -0.25) is 4.79 Å². The number of rotatable bonds is 2. The van der Waals surface area contributed by atoms with E-state index in [-0.39, 0.29) is 17.6 Å². The van der Waals surface area contributed by atoms with Crippen LogP contribution in [0.2, 0.25) is 10.0 Å². The summed E-state index contributed by atoms with van der Waals surface area (Å²) in [7, 11) is 0. The topological polar surface area (TPSA) is 47.2 Å². The molecule has 0 spiro atoms. The summed E-state index contributed by atoms with van der Waals surface area (Å²) in [6.45, 7) is 0.812. The van der Waals surface area contributed by atoms with Gasteiger partial charge in [-0.25, -0.2) is 0 Å². The molecule has 106 valence electrons. The molecule has 0 aliphatic carbocycles. The molecule has 2 heterocycles. The van der Waals surface area contributed by atoms with E-state index in [0.717, 1.165) is 24.9 Å². The molecule has 1 aromatic carbocycles. The van der Waals surface area contributed by atoms with E-state index in [1.54, 1.807) is 6.07 Å². The highest BCUT2D eigenvalue weighted by atomic mass is 35.5. The van der Waals surface area contributed by atoms with Gasteiger partial charge in [0.1, 0.15) is 6.26 Å². The zero-order chi connectivity index (χ0) is 14.1. The van der Waals surface area contributed by atoms with Crippen molar-refractivity contribution in [2.45, 2.75) is 24.9 Å². The highest BCUT2D eigenvalue weighted by Gasteiger charge is 2.26. The lowest BCUT2D eigenvalue weighted by Crippen LogP contribution is -2.35. The van der Waals surface area contributed by atoms with Crippen LogP contribution in [0.3, 0.4) is 0 Å². The number of halogens is 2. The van der Waals surface area contributed by atoms with Crippen molar-refractivity contribution in [3.8, 4) is 0 Å². The fraction of sp³-hybridized carbons (Fsp3) is 0.357. The van der Waals surface area contributed by atoms with Gasteiger partial charge in [0.15, 0.2) is 0 Å². The molecule has 3 rings (SSSR count). The van der Waals surface area contributed by atoms with E-state index in [1.165, 1.54) is 17.1 Å². The zero-order valence-electron chi connectivity index (χ0n) is 10.7. The average molecular weight is 313 g/mol. The second-order valence-corrected chi connectivity index (χ2v) is 5.83. The summed E-state index contributed by atoms with van der Waals surface area (Å²) in [6, 6.07) is 7.12. The maximum atomic E-state index is 11.7. The summed E-state index contributed by atoms with van der Waals surface area (Å²) in [4.78, 5) is 11.7. The molecule has 2 atom stereocenters. The molecule has 20 heavy (non-hydrogen) atoms. The predicted molar refractivity (Wildman–Crippen MR) is 78.4 cm³/mol. The monoisotopic (exact) mass is 312 g/mol. The van der Waals surface area contributed by atoms with E-state index in [2.05, 4.69) is 5.32 Å². The molecule has 1 N–H and O–H groups in total. The van der Waals surface area contributed by atoms with Crippen molar-refractivity contribution in [3.63, 3.8) is 0 Å². The summed E-state index contributed by atoms with van der Waals surface area (Å²) in [5.74, 6) is 0. The number of benzene rings is 1. The fourth-order valence-electron chi connectivity index (χ4n) is 2.69. The number of hydrogen-bond donors (Lipinski definition) is 1. The molecule has 0 bridgehead atoms. The number of piperidine rings is 1. The van der Waals surface area contributed by atoms with Gasteiger partial charge in [0.05, 0.1) is 6.04 Å². The van der Waals surface area contributed by atoms with Crippen LogP contribution in [-0.2, 0) is 0 Å². The van der Waals surface area contributed by atoms with Crippen molar-refractivity contribution >= 4 is 23.2 Å². The van der Waals surface area contributed by atoms with Crippen LogP contribution in [0.5, 0.6) is 0 Å². The first-order chi connectivity index (χ1) is 9.63. The van der Waals surface area contributed by atoms with E-state index in [0.29, 0.717) is 10.0 Å². The van der Waals surface area contributed by atoms with Gasteiger partial charge in [-0.2, -0.15) is 4.74 Å². The van der Waals surface area contributed by atoms with E-state index < -0.39 is 0 Å². The van der Waals surface area contributed by atoms with Gasteiger partial charge in [0.25, 0.3) is 5.56 Å². The van der Waals surface area contributed by atoms with Crippen molar-refractivity contribution in [1.29, 1.82) is 0 Å². The molecule has 1 saturated heterocycles. The smallest absolute Gasteiger partial charge is 0.282 e. The molecule has 0 unspecified atom stereocenters. The van der Waals surface area contributed by atoms with Crippen LogP contribution in [-0.4, -0.2) is 11.3 Å². The highest BCUT2D eigenvalue weighted by molar-refractivity contribution is 6.34. The minimum absolute atomic E-state index is 0.0570. The third-order valence-electron chi connectivity index (χ3n) is 3.60. The van der Waals surface area contributed by atoms with Crippen LogP contribution in [0.15, 0.2) is 39.8 Å². The van der Waals surface area contributed by atoms with Gasteiger partial charge in [-0.15, -0.1) is 0 Å². The average Bonchev–Trinajstić information content (AvgIpc) is 2.84. The third-order valence-corrected chi connectivity index (χ3v) is 4.03. The zero-order valence-corrected chi connectivity index (χ0v) is 12.2. The third kappa shape index (κ3) is 2.77. The van der Waals surface area contributed by atoms with Gasteiger partial charge in [0, 0.05) is 22.2 Å². The van der Waals surface area contributed by atoms with Gasteiger partial charge in [0.2, 0.25) is 0 Å². The Labute approximate surface area is 126 Å². The molecule has 4 nitrogen and oxygen atoms in total. The van der Waals surface area contributed by atoms with Crippen LogP contribution in [0.4, 0.5) is 0 Å². The lowest BCUT2D eigenvalue weighted by Gasteiger charge is -2.30. The maximum Gasteiger partial charge on any atom is 0.282 e. The predicted octanol–water partition coefficient (Wildman–Crippen LogP) is 3.41. The van der Waals surface area contributed by atoms with Crippen LogP contribution < -0.4 is 10.9 Å². The van der Waals surface area contributed by atoms with Gasteiger partial charge in [-0.1, -0.05) is 23.2 Å². The fourth-order valence-corrected chi connectivity index (χ4v) is 3.23. The Hall–Kier alpha value is -1.23. The van der Waals surface area contributed by atoms with Crippen LogP contribution in [0.1, 0.15) is 30.5 Å². The second-order valence-electron chi connectivity index (χ2n) is 4.96. The Balaban J connectivity index is 1.85. The molecular weight excluding hydrogens is 299 g/mol.